The van der Waals surface area contributed by atoms with E-state index in [0.29, 0.717) is 21.7 Å². The summed E-state index contributed by atoms with van der Waals surface area (Å²) in [5.74, 6) is -0.732. The van der Waals surface area contributed by atoms with E-state index in [4.69, 9.17) is 23.8 Å². The fourth-order valence-electron chi connectivity index (χ4n) is 3.06. The van der Waals surface area contributed by atoms with Gasteiger partial charge < -0.3 is 10.6 Å². The monoisotopic (exact) mass is 438 g/mol. The number of carbonyl (C=O) groups is 1. The molecular weight excluding hydrogens is 424 g/mol. The number of carbonyl (C=O) groups excluding carboxylic acids is 1. The number of hydrogen-bond acceptors (Lipinski definition) is 5. The zero-order valence-corrected chi connectivity index (χ0v) is 17.4. The minimum atomic E-state index is -0.496. The van der Waals surface area contributed by atoms with Crippen LogP contribution in [0.5, 0.6) is 0 Å². The molecule has 0 spiro atoms. The largest absolute Gasteiger partial charge is 0.329 e. The molecule has 144 valence electrons. The third kappa shape index (κ3) is 4.27. The normalized spacial score (nSPS) is 10.8. The fourth-order valence-corrected chi connectivity index (χ4v) is 4.01. The average molecular weight is 439 g/mol. The molecule has 0 atom stereocenters. The summed E-state index contributed by atoms with van der Waals surface area (Å²) in [6.45, 7) is 0. The van der Waals surface area contributed by atoms with Gasteiger partial charge in [-0.2, -0.15) is 8.75 Å². The summed E-state index contributed by atoms with van der Waals surface area (Å²) in [5, 5.41) is 6.38. The van der Waals surface area contributed by atoms with Gasteiger partial charge in [0.2, 0.25) is 5.91 Å². The van der Waals surface area contributed by atoms with Gasteiger partial charge in [0.25, 0.3) is 0 Å². The molecule has 5 nitrogen and oxygen atoms in total. The molecule has 0 aliphatic heterocycles. The lowest BCUT2D eigenvalue weighted by atomic mass is 9.90. The Morgan fingerprint density at radius 2 is 1.55 bits per heavy atom. The molecule has 4 rings (SSSR count). The number of hydrogen-bond donors (Lipinski definition) is 2. The number of anilines is 1. The lowest BCUT2D eigenvalue weighted by Gasteiger charge is -2.19. The van der Waals surface area contributed by atoms with Gasteiger partial charge in [0, 0.05) is 0 Å². The molecule has 0 saturated carbocycles. The molecule has 1 aromatic heterocycles. The maximum absolute atomic E-state index is 13.1. The van der Waals surface area contributed by atoms with Gasteiger partial charge >= 0.3 is 0 Å². The van der Waals surface area contributed by atoms with Crippen molar-refractivity contribution in [3.05, 3.63) is 88.9 Å². The van der Waals surface area contributed by atoms with Crippen molar-refractivity contribution in [2.45, 2.75) is 5.92 Å². The molecule has 0 radical (unpaired) electrons. The van der Waals surface area contributed by atoms with E-state index < -0.39 is 5.92 Å². The van der Waals surface area contributed by atoms with Crippen molar-refractivity contribution < 1.29 is 4.79 Å². The molecule has 0 aliphatic rings. The van der Waals surface area contributed by atoms with Crippen LogP contribution in [0.2, 0.25) is 5.02 Å². The van der Waals surface area contributed by atoms with E-state index in [1.165, 1.54) is 0 Å². The van der Waals surface area contributed by atoms with Crippen LogP contribution in [0, 0.1) is 0 Å². The van der Waals surface area contributed by atoms with Crippen molar-refractivity contribution in [2.24, 2.45) is 0 Å². The minimum Gasteiger partial charge on any atom is -0.329 e. The van der Waals surface area contributed by atoms with Crippen LogP contribution < -0.4 is 10.6 Å². The summed E-state index contributed by atoms with van der Waals surface area (Å²) in [6.07, 6.45) is 0. The Kier molecular flexibility index (Phi) is 5.80. The van der Waals surface area contributed by atoms with E-state index in [1.807, 2.05) is 60.7 Å². The Bertz CT molecular complexity index is 1130. The maximum atomic E-state index is 13.1. The third-order valence-corrected chi connectivity index (χ3v) is 5.44. The maximum Gasteiger partial charge on any atom is 0.238 e. The SMILES string of the molecule is O=C(NC(=S)Nc1c(Cl)ccc2nsnc12)C(c1ccccc1)c1ccccc1. The van der Waals surface area contributed by atoms with Crippen LogP contribution in [0.1, 0.15) is 17.0 Å². The first-order valence-corrected chi connectivity index (χ1v) is 10.3. The number of benzene rings is 3. The topological polar surface area (TPSA) is 66.9 Å². The fraction of sp³-hybridized carbons (Fsp3) is 0.0476. The smallest absolute Gasteiger partial charge is 0.238 e. The number of rotatable bonds is 4. The Balaban J connectivity index is 1.58. The second-order valence-corrected chi connectivity index (χ2v) is 7.60. The lowest BCUT2D eigenvalue weighted by molar-refractivity contribution is -0.120. The number of nitrogens with zero attached hydrogens (tertiary/aromatic N) is 2. The van der Waals surface area contributed by atoms with Crippen LogP contribution in [-0.2, 0) is 4.79 Å². The Morgan fingerprint density at radius 1 is 0.931 bits per heavy atom. The van der Waals surface area contributed by atoms with E-state index in [-0.39, 0.29) is 11.0 Å². The van der Waals surface area contributed by atoms with Gasteiger partial charge in [0.05, 0.1) is 28.4 Å². The first-order chi connectivity index (χ1) is 14.1. The van der Waals surface area contributed by atoms with Crippen molar-refractivity contribution in [1.29, 1.82) is 0 Å². The van der Waals surface area contributed by atoms with E-state index >= 15 is 0 Å². The molecule has 2 N–H and O–H groups in total. The summed E-state index contributed by atoms with van der Waals surface area (Å²) in [5.41, 5.74) is 3.61. The standard InChI is InChI=1S/C21H15ClN4OS2/c22-15-11-12-16-19(26-29-25-16)18(15)23-21(28)24-20(27)17(13-7-3-1-4-8-13)14-9-5-2-6-10-14/h1-12,17H,(H2,23,24,27,28). The molecule has 4 aromatic rings. The molecule has 8 heteroatoms. The number of amides is 1. The average Bonchev–Trinajstić information content (AvgIpc) is 3.21. The summed E-state index contributed by atoms with van der Waals surface area (Å²) >= 11 is 12.8. The predicted octanol–water partition coefficient (Wildman–Crippen LogP) is 4.99. The zero-order valence-electron chi connectivity index (χ0n) is 15.0. The van der Waals surface area contributed by atoms with Crippen molar-refractivity contribution in [2.75, 3.05) is 5.32 Å². The molecule has 1 heterocycles. The zero-order chi connectivity index (χ0) is 20.2. The van der Waals surface area contributed by atoms with Gasteiger partial charge in [-0.15, -0.1) is 0 Å². The van der Waals surface area contributed by atoms with E-state index in [9.17, 15) is 4.79 Å². The lowest BCUT2D eigenvalue weighted by Crippen LogP contribution is -2.38. The quantitative estimate of drug-likeness (QED) is 0.439. The van der Waals surface area contributed by atoms with Gasteiger partial charge in [-0.25, -0.2) is 0 Å². The first-order valence-electron chi connectivity index (χ1n) is 8.76. The molecule has 0 saturated heterocycles. The highest BCUT2D eigenvalue weighted by Crippen LogP contribution is 2.30. The Hall–Kier alpha value is -2.87. The number of thiocarbonyl (C=S) groups is 1. The van der Waals surface area contributed by atoms with Crippen molar-refractivity contribution in [3.8, 4) is 0 Å². The molecule has 0 bridgehead atoms. The third-order valence-electron chi connectivity index (χ3n) is 4.38. The Morgan fingerprint density at radius 3 is 2.17 bits per heavy atom. The molecular formula is C21H15ClN4OS2. The molecule has 0 unspecified atom stereocenters. The van der Waals surface area contributed by atoms with Gasteiger partial charge in [0.15, 0.2) is 5.11 Å². The van der Waals surface area contributed by atoms with Crippen molar-refractivity contribution in [3.63, 3.8) is 0 Å². The summed E-state index contributed by atoms with van der Waals surface area (Å²) < 4.78 is 8.45. The van der Waals surface area contributed by atoms with E-state index in [1.54, 1.807) is 12.1 Å². The van der Waals surface area contributed by atoms with Crippen LogP contribution in [0.15, 0.2) is 72.8 Å². The summed E-state index contributed by atoms with van der Waals surface area (Å²) in [7, 11) is 0. The van der Waals surface area contributed by atoms with Crippen molar-refractivity contribution >= 4 is 63.3 Å². The Labute approximate surface area is 182 Å². The van der Waals surface area contributed by atoms with E-state index in [0.717, 1.165) is 22.9 Å². The first kappa shape index (κ1) is 19.4. The highest BCUT2D eigenvalue weighted by Gasteiger charge is 2.23. The van der Waals surface area contributed by atoms with Gasteiger partial charge in [-0.3, -0.25) is 4.79 Å². The summed E-state index contributed by atoms with van der Waals surface area (Å²) in [6, 6.07) is 22.7. The highest BCUT2D eigenvalue weighted by molar-refractivity contribution is 7.80. The van der Waals surface area contributed by atoms with Crippen LogP contribution in [-0.4, -0.2) is 19.8 Å². The van der Waals surface area contributed by atoms with Crippen LogP contribution in [0.4, 0.5) is 5.69 Å². The molecule has 3 aromatic carbocycles. The van der Waals surface area contributed by atoms with Gasteiger partial charge in [-0.1, -0.05) is 72.3 Å². The van der Waals surface area contributed by atoms with Crippen LogP contribution >= 0.6 is 35.5 Å². The van der Waals surface area contributed by atoms with Crippen LogP contribution in [0.25, 0.3) is 11.0 Å². The van der Waals surface area contributed by atoms with Gasteiger partial charge in [-0.05, 0) is 35.5 Å². The van der Waals surface area contributed by atoms with E-state index in [2.05, 4.69) is 19.4 Å². The van der Waals surface area contributed by atoms with Crippen LogP contribution in [0.3, 0.4) is 0 Å². The second kappa shape index (κ2) is 8.65. The second-order valence-electron chi connectivity index (χ2n) is 6.25. The number of aromatic nitrogens is 2. The number of halogens is 1. The molecule has 1 amide bonds. The molecule has 29 heavy (non-hydrogen) atoms. The van der Waals surface area contributed by atoms with Crippen molar-refractivity contribution in [1.82, 2.24) is 14.1 Å². The highest BCUT2D eigenvalue weighted by atomic mass is 35.5. The predicted molar refractivity (Wildman–Crippen MR) is 122 cm³/mol. The molecule has 0 fully saturated rings. The summed E-state index contributed by atoms with van der Waals surface area (Å²) in [4.78, 5) is 13.1. The molecule has 0 aliphatic carbocycles. The minimum absolute atomic E-state index is 0.147. The number of fused-ring (bicyclic) bond motifs is 1. The number of nitrogens with one attached hydrogen (secondary N) is 2. The van der Waals surface area contributed by atoms with Gasteiger partial charge in [0.1, 0.15) is 11.0 Å².